The number of benzene rings is 2. The largest absolute Gasteiger partial charge is 0.335 e. The molecule has 0 aliphatic rings. The van der Waals surface area contributed by atoms with E-state index in [1.807, 2.05) is 36.0 Å². The molecule has 0 amide bonds. The number of imidazole rings is 1. The first-order chi connectivity index (χ1) is 10.8. The van der Waals surface area contributed by atoms with Gasteiger partial charge in [0.1, 0.15) is 5.82 Å². The lowest BCUT2D eigenvalue weighted by atomic mass is 9.97. The summed E-state index contributed by atoms with van der Waals surface area (Å²) in [7, 11) is 1.99. The molecule has 2 nitrogen and oxygen atoms in total. The highest BCUT2D eigenvalue weighted by atomic mass is 15.0. The van der Waals surface area contributed by atoms with Gasteiger partial charge >= 0.3 is 0 Å². The molecule has 0 saturated heterocycles. The highest BCUT2D eigenvalue weighted by molar-refractivity contribution is 5.81. The fourth-order valence-corrected chi connectivity index (χ4v) is 2.36. The zero-order valence-electron chi connectivity index (χ0n) is 12.6. The van der Waals surface area contributed by atoms with Gasteiger partial charge < -0.3 is 4.57 Å². The predicted octanol–water partition coefficient (Wildman–Crippen LogP) is 4.57. The number of hydrogen-bond acceptors (Lipinski definition) is 1. The van der Waals surface area contributed by atoms with Crippen LogP contribution < -0.4 is 0 Å². The van der Waals surface area contributed by atoms with Crippen molar-refractivity contribution in [1.82, 2.24) is 9.55 Å². The second-order valence-corrected chi connectivity index (χ2v) is 5.07. The smallest absolute Gasteiger partial charge is 0.132 e. The van der Waals surface area contributed by atoms with E-state index in [1.54, 1.807) is 6.20 Å². The van der Waals surface area contributed by atoms with Gasteiger partial charge in [-0.1, -0.05) is 72.8 Å². The van der Waals surface area contributed by atoms with Crippen molar-refractivity contribution in [2.24, 2.45) is 7.05 Å². The molecule has 0 spiro atoms. The summed E-state index contributed by atoms with van der Waals surface area (Å²) in [6.07, 6.45) is 9.96. The van der Waals surface area contributed by atoms with E-state index in [2.05, 4.69) is 65.7 Å². The van der Waals surface area contributed by atoms with Crippen molar-refractivity contribution < 1.29 is 0 Å². The van der Waals surface area contributed by atoms with Crippen LogP contribution in [0.4, 0.5) is 0 Å². The molecule has 0 saturated carbocycles. The van der Waals surface area contributed by atoms with E-state index < -0.39 is 0 Å². The number of nitrogens with zero attached hydrogens (tertiary/aromatic N) is 2. The SMILES string of the molecule is Cn1ccnc1/C=C/C=C(c1ccccc1)c1ccccc1. The van der Waals surface area contributed by atoms with Gasteiger partial charge in [0.05, 0.1) is 0 Å². The number of aromatic nitrogens is 2. The molecule has 1 heterocycles. The van der Waals surface area contributed by atoms with E-state index in [1.165, 1.54) is 16.7 Å². The van der Waals surface area contributed by atoms with Crippen LogP contribution in [0.5, 0.6) is 0 Å². The van der Waals surface area contributed by atoms with Crippen LogP contribution in [0.15, 0.2) is 85.2 Å². The summed E-state index contributed by atoms with van der Waals surface area (Å²) in [5.41, 5.74) is 3.61. The fraction of sp³-hybridized carbons (Fsp3) is 0.0500. The Morgan fingerprint density at radius 2 is 1.50 bits per heavy atom. The van der Waals surface area contributed by atoms with E-state index >= 15 is 0 Å². The van der Waals surface area contributed by atoms with Crippen molar-refractivity contribution in [3.63, 3.8) is 0 Å². The number of rotatable bonds is 4. The lowest BCUT2D eigenvalue weighted by molar-refractivity contribution is 0.897. The third kappa shape index (κ3) is 3.23. The molecule has 0 N–H and O–H groups in total. The zero-order chi connectivity index (χ0) is 15.2. The summed E-state index contributed by atoms with van der Waals surface area (Å²) in [5, 5.41) is 0. The van der Waals surface area contributed by atoms with Gasteiger partial charge in [0.25, 0.3) is 0 Å². The van der Waals surface area contributed by atoms with Crippen molar-refractivity contribution in [1.29, 1.82) is 0 Å². The summed E-state index contributed by atoms with van der Waals surface area (Å²) in [5.74, 6) is 0.941. The molecule has 0 aliphatic carbocycles. The summed E-state index contributed by atoms with van der Waals surface area (Å²) >= 11 is 0. The first-order valence-corrected chi connectivity index (χ1v) is 7.31. The second-order valence-electron chi connectivity index (χ2n) is 5.07. The van der Waals surface area contributed by atoms with Gasteiger partial charge in [-0.25, -0.2) is 4.98 Å². The third-order valence-corrected chi connectivity index (χ3v) is 3.54. The van der Waals surface area contributed by atoms with E-state index in [0.717, 1.165) is 5.82 Å². The Morgan fingerprint density at radius 1 is 0.909 bits per heavy atom. The Labute approximate surface area is 131 Å². The summed E-state index contributed by atoms with van der Waals surface area (Å²) in [6, 6.07) is 20.9. The lowest BCUT2D eigenvalue weighted by Gasteiger charge is -2.07. The highest BCUT2D eigenvalue weighted by Crippen LogP contribution is 2.23. The van der Waals surface area contributed by atoms with Crippen LogP contribution in [0.1, 0.15) is 17.0 Å². The molecular weight excluding hydrogens is 268 g/mol. The Balaban J connectivity index is 1.97. The third-order valence-electron chi connectivity index (χ3n) is 3.54. The molecule has 2 heteroatoms. The Bertz CT molecular complexity index is 739. The second kappa shape index (κ2) is 6.72. The molecule has 0 bridgehead atoms. The van der Waals surface area contributed by atoms with Gasteiger partial charge in [-0.05, 0) is 22.8 Å². The molecule has 0 radical (unpaired) electrons. The molecule has 0 aliphatic heterocycles. The molecule has 2 aromatic carbocycles. The van der Waals surface area contributed by atoms with Crippen LogP contribution in [0.3, 0.4) is 0 Å². The number of allylic oxidation sites excluding steroid dienone is 2. The first kappa shape index (κ1) is 14.1. The zero-order valence-corrected chi connectivity index (χ0v) is 12.6. The first-order valence-electron chi connectivity index (χ1n) is 7.31. The van der Waals surface area contributed by atoms with E-state index in [9.17, 15) is 0 Å². The van der Waals surface area contributed by atoms with Gasteiger partial charge in [0.15, 0.2) is 0 Å². The van der Waals surface area contributed by atoms with Crippen LogP contribution in [0.25, 0.3) is 11.6 Å². The fourth-order valence-electron chi connectivity index (χ4n) is 2.36. The molecule has 0 fully saturated rings. The van der Waals surface area contributed by atoms with Crippen molar-refractivity contribution in [2.75, 3.05) is 0 Å². The van der Waals surface area contributed by atoms with Gasteiger partial charge in [0.2, 0.25) is 0 Å². The van der Waals surface area contributed by atoms with Crippen LogP contribution in [-0.2, 0) is 7.05 Å². The minimum Gasteiger partial charge on any atom is -0.335 e. The molecule has 0 atom stereocenters. The van der Waals surface area contributed by atoms with E-state index in [4.69, 9.17) is 0 Å². The Morgan fingerprint density at radius 3 is 2.00 bits per heavy atom. The minimum atomic E-state index is 0.941. The topological polar surface area (TPSA) is 17.8 Å². The predicted molar refractivity (Wildman–Crippen MR) is 92.2 cm³/mol. The molecule has 1 aromatic heterocycles. The summed E-state index contributed by atoms with van der Waals surface area (Å²) in [4.78, 5) is 4.31. The highest BCUT2D eigenvalue weighted by Gasteiger charge is 2.02. The number of aryl methyl sites for hydroxylation is 1. The monoisotopic (exact) mass is 286 g/mol. The average molecular weight is 286 g/mol. The van der Waals surface area contributed by atoms with Crippen LogP contribution in [-0.4, -0.2) is 9.55 Å². The van der Waals surface area contributed by atoms with E-state index in [0.29, 0.717) is 0 Å². The van der Waals surface area contributed by atoms with E-state index in [-0.39, 0.29) is 0 Å². The Hall–Kier alpha value is -2.87. The van der Waals surface area contributed by atoms with Crippen molar-refractivity contribution >= 4 is 11.6 Å². The Kier molecular flexibility index (Phi) is 4.30. The standard InChI is InChI=1S/C20H18N2/c1-22-16-15-21-20(22)14-8-13-19(17-9-4-2-5-10-17)18-11-6-3-7-12-18/h2-16H,1H3/b14-8+. The van der Waals surface area contributed by atoms with Gasteiger partial charge in [-0.15, -0.1) is 0 Å². The van der Waals surface area contributed by atoms with Gasteiger partial charge in [-0.3, -0.25) is 0 Å². The van der Waals surface area contributed by atoms with Crippen molar-refractivity contribution in [3.8, 4) is 0 Å². The molecule has 22 heavy (non-hydrogen) atoms. The molecule has 3 aromatic rings. The van der Waals surface area contributed by atoms with Crippen LogP contribution in [0, 0.1) is 0 Å². The van der Waals surface area contributed by atoms with Crippen LogP contribution >= 0.6 is 0 Å². The molecule has 108 valence electrons. The maximum Gasteiger partial charge on any atom is 0.132 e. The molecule has 0 unspecified atom stereocenters. The summed E-state index contributed by atoms with van der Waals surface area (Å²) in [6.45, 7) is 0. The molecule has 3 rings (SSSR count). The summed E-state index contributed by atoms with van der Waals surface area (Å²) < 4.78 is 2.00. The maximum absolute atomic E-state index is 4.31. The van der Waals surface area contributed by atoms with Crippen LogP contribution in [0.2, 0.25) is 0 Å². The quantitative estimate of drug-likeness (QED) is 0.643. The van der Waals surface area contributed by atoms with Crippen molar-refractivity contribution in [3.05, 3.63) is 102 Å². The van der Waals surface area contributed by atoms with Gasteiger partial charge in [-0.2, -0.15) is 0 Å². The maximum atomic E-state index is 4.31. The minimum absolute atomic E-state index is 0.941. The number of hydrogen-bond donors (Lipinski definition) is 0. The van der Waals surface area contributed by atoms with Gasteiger partial charge in [0, 0.05) is 19.4 Å². The molecular formula is C20H18N2. The normalized spacial score (nSPS) is 10.8. The lowest BCUT2D eigenvalue weighted by Crippen LogP contribution is -1.89. The average Bonchev–Trinajstić information content (AvgIpc) is 2.98. The van der Waals surface area contributed by atoms with Crippen molar-refractivity contribution in [2.45, 2.75) is 0 Å².